The highest BCUT2D eigenvalue weighted by Crippen LogP contribution is 2.30. The molecule has 0 unspecified atom stereocenters. The molecule has 7 heteroatoms. The van der Waals surface area contributed by atoms with Crippen LogP contribution in [-0.4, -0.2) is 17.5 Å². The highest BCUT2D eigenvalue weighted by Gasteiger charge is 2.28. The molecular formula is C24H22FN3O3. The van der Waals surface area contributed by atoms with E-state index in [9.17, 15) is 14.0 Å². The minimum absolute atomic E-state index is 0.241. The molecule has 4 rings (SSSR count). The van der Waals surface area contributed by atoms with Gasteiger partial charge in [0, 0.05) is 28.8 Å². The van der Waals surface area contributed by atoms with Gasteiger partial charge in [-0.1, -0.05) is 17.7 Å². The van der Waals surface area contributed by atoms with Crippen LogP contribution >= 0.6 is 0 Å². The number of nitrogens with one attached hydrogen (secondary N) is 2. The zero-order chi connectivity index (χ0) is 22.0. The molecular weight excluding hydrogens is 397 g/mol. The summed E-state index contributed by atoms with van der Waals surface area (Å²) < 4.78 is 18.9. The zero-order valence-corrected chi connectivity index (χ0v) is 17.3. The maximum atomic E-state index is 13.1. The van der Waals surface area contributed by atoms with Gasteiger partial charge in [0.25, 0.3) is 11.8 Å². The monoisotopic (exact) mass is 419 g/mol. The van der Waals surface area contributed by atoms with Crippen LogP contribution in [0.25, 0.3) is 0 Å². The number of hydrogen-bond donors (Lipinski definition) is 2. The summed E-state index contributed by atoms with van der Waals surface area (Å²) in [7, 11) is 0. The van der Waals surface area contributed by atoms with Crippen molar-refractivity contribution in [2.24, 2.45) is 5.10 Å². The van der Waals surface area contributed by atoms with Crippen molar-refractivity contribution >= 4 is 23.2 Å². The molecule has 0 aliphatic heterocycles. The number of benzene rings is 2. The van der Waals surface area contributed by atoms with Crippen LogP contribution in [0.4, 0.5) is 10.1 Å². The van der Waals surface area contributed by atoms with Crippen molar-refractivity contribution in [1.82, 2.24) is 5.43 Å². The van der Waals surface area contributed by atoms with Gasteiger partial charge in [0.1, 0.15) is 11.6 Å². The van der Waals surface area contributed by atoms with E-state index in [4.69, 9.17) is 4.42 Å². The van der Waals surface area contributed by atoms with Crippen LogP contribution in [-0.2, 0) is 6.42 Å². The molecule has 2 N–H and O–H groups in total. The number of fused-ring (bicyclic) bond motifs is 1. The summed E-state index contributed by atoms with van der Waals surface area (Å²) in [5, 5.41) is 7.14. The van der Waals surface area contributed by atoms with E-state index in [0.29, 0.717) is 41.1 Å². The minimum atomic E-state index is -0.432. The minimum Gasteiger partial charge on any atom is -0.455 e. The van der Waals surface area contributed by atoms with Gasteiger partial charge in [0.2, 0.25) is 0 Å². The first-order valence-corrected chi connectivity index (χ1v) is 10.1. The van der Waals surface area contributed by atoms with Gasteiger partial charge in [-0.3, -0.25) is 9.59 Å². The second-order valence-electron chi connectivity index (χ2n) is 7.53. The predicted molar refractivity (Wildman–Crippen MR) is 116 cm³/mol. The average molecular weight is 419 g/mol. The number of anilines is 1. The van der Waals surface area contributed by atoms with E-state index in [1.165, 1.54) is 24.3 Å². The Morgan fingerprint density at radius 1 is 0.968 bits per heavy atom. The fraction of sp³-hybridized carbons (Fsp3) is 0.208. The van der Waals surface area contributed by atoms with Gasteiger partial charge < -0.3 is 9.73 Å². The van der Waals surface area contributed by atoms with E-state index in [1.54, 1.807) is 0 Å². The number of amides is 2. The molecule has 0 fully saturated rings. The fourth-order valence-electron chi connectivity index (χ4n) is 3.61. The highest BCUT2D eigenvalue weighted by molar-refractivity contribution is 6.09. The molecule has 0 bridgehead atoms. The highest BCUT2D eigenvalue weighted by atomic mass is 19.1. The van der Waals surface area contributed by atoms with Crippen molar-refractivity contribution in [2.75, 3.05) is 5.32 Å². The van der Waals surface area contributed by atoms with Crippen molar-refractivity contribution in [3.8, 4) is 0 Å². The van der Waals surface area contributed by atoms with Crippen molar-refractivity contribution < 1.29 is 18.4 Å². The lowest BCUT2D eigenvalue weighted by Crippen LogP contribution is -2.22. The van der Waals surface area contributed by atoms with Crippen LogP contribution in [0.1, 0.15) is 56.2 Å². The topological polar surface area (TPSA) is 83.7 Å². The van der Waals surface area contributed by atoms with Crippen LogP contribution < -0.4 is 10.7 Å². The SMILES string of the molecule is Cc1ccc(NC(=O)c2oc3c(c2C)/C(=N/NC(=O)c2ccc(F)cc2)CCC3)cc1. The second-order valence-corrected chi connectivity index (χ2v) is 7.53. The van der Waals surface area contributed by atoms with E-state index >= 15 is 0 Å². The summed E-state index contributed by atoms with van der Waals surface area (Å²) in [5.74, 6) is -0.244. The summed E-state index contributed by atoms with van der Waals surface area (Å²) in [6.45, 7) is 3.79. The summed E-state index contributed by atoms with van der Waals surface area (Å²) in [4.78, 5) is 25.1. The predicted octanol–water partition coefficient (Wildman–Crippen LogP) is 4.76. The lowest BCUT2D eigenvalue weighted by Gasteiger charge is -2.13. The van der Waals surface area contributed by atoms with Gasteiger partial charge >= 0.3 is 0 Å². The number of furan rings is 1. The molecule has 1 aliphatic rings. The number of hydrazone groups is 1. The molecule has 0 atom stereocenters. The van der Waals surface area contributed by atoms with Gasteiger partial charge in [-0.15, -0.1) is 0 Å². The van der Waals surface area contributed by atoms with Crippen LogP contribution in [0.5, 0.6) is 0 Å². The van der Waals surface area contributed by atoms with Crippen molar-refractivity contribution in [3.63, 3.8) is 0 Å². The first kappa shape index (κ1) is 20.5. The van der Waals surface area contributed by atoms with Crippen LogP contribution in [0.15, 0.2) is 58.0 Å². The second kappa shape index (κ2) is 8.55. The maximum Gasteiger partial charge on any atom is 0.291 e. The van der Waals surface area contributed by atoms with Gasteiger partial charge in [0.05, 0.1) is 5.71 Å². The summed E-state index contributed by atoms with van der Waals surface area (Å²) in [5.41, 5.74) is 6.73. The van der Waals surface area contributed by atoms with E-state index in [2.05, 4.69) is 15.8 Å². The Morgan fingerprint density at radius 3 is 2.39 bits per heavy atom. The molecule has 6 nitrogen and oxygen atoms in total. The molecule has 1 aromatic heterocycles. The summed E-state index contributed by atoms with van der Waals surface area (Å²) in [6, 6.07) is 12.8. The standard InChI is InChI=1S/C24H22FN3O3/c1-14-6-12-18(13-7-14)26-24(30)22-15(2)21-19(4-3-5-20(21)31-22)27-28-23(29)16-8-10-17(25)11-9-16/h6-13H,3-5H2,1-2H3,(H,26,30)(H,28,29)/b27-19+. The molecule has 0 radical (unpaired) electrons. The third-order valence-electron chi connectivity index (χ3n) is 5.24. The molecule has 0 spiro atoms. The van der Waals surface area contributed by atoms with Crippen molar-refractivity contribution in [2.45, 2.75) is 33.1 Å². The Bertz CT molecular complexity index is 1160. The molecule has 0 saturated carbocycles. The maximum absolute atomic E-state index is 13.1. The van der Waals surface area contributed by atoms with Gasteiger partial charge in [-0.25, -0.2) is 9.82 Å². The first-order valence-electron chi connectivity index (χ1n) is 10.1. The van der Waals surface area contributed by atoms with E-state index < -0.39 is 11.7 Å². The average Bonchev–Trinajstić information content (AvgIpc) is 3.11. The number of hydrogen-bond acceptors (Lipinski definition) is 4. The zero-order valence-electron chi connectivity index (χ0n) is 17.3. The Labute approximate surface area is 179 Å². The van der Waals surface area contributed by atoms with Gasteiger partial charge in [-0.2, -0.15) is 5.10 Å². The normalized spacial score (nSPS) is 14.2. The van der Waals surface area contributed by atoms with E-state index in [1.807, 2.05) is 38.1 Å². The van der Waals surface area contributed by atoms with Crippen LogP contribution in [0.3, 0.4) is 0 Å². The van der Waals surface area contributed by atoms with Crippen molar-refractivity contribution in [1.29, 1.82) is 0 Å². The number of nitrogens with zero attached hydrogens (tertiary/aromatic N) is 1. The lowest BCUT2D eigenvalue weighted by molar-refractivity contribution is 0.0953. The number of rotatable bonds is 4. The number of carbonyl (C=O) groups is 2. The summed E-state index contributed by atoms with van der Waals surface area (Å²) >= 11 is 0. The van der Waals surface area contributed by atoms with Gasteiger partial charge in [0.15, 0.2) is 5.76 Å². The van der Waals surface area contributed by atoms with Crippen LogP contribution in [0, 0.1) is 19.7 Å². The summed E-state index contributed by atoms with van der Waals surface area (Å²) in [6.07, 6.45) is 2.14. The number of aryl methyl sites for hydroxylation is 2. The third-order valence-corrected chi connectivity index (χ3v) is 5.24. The molecule has 2 aromatic carbocycles. The van der Waals surface area contributed by atoms with Crippen molar-refractivity contribution in [3.05, 3.63) is 88.1 Å². The molecule has 158 valence electrons. The quantitative estimate of drug-likeness (QED) is 0.598. The van der Waals surface area contributed by atoms with Gasteiger partial charge in [-0.05, 0) is 63.1 Å². The van der Waals surface area contributed by atoms with E-state index in [-0.39, 0.29) is 11.7 Å². The molecule has 31 heavy (non-hydrogen) atoms. The Kier molecular flexibility index (Phi) is 5.66. The van der Waals surface area contributed by atoms with Crippen LogP contribution in [0.2, 0.25) is 0 Å². The molecule has 1 heterocycles. The molecule has 0 saturated heterocycles. The number of halogens is 1. The van der Waals surface area contributed by atoms with E-state index in [0.717, 1.165) is 17.5 Å². The largest absolute Gasteiger partial charge is 0.455 e. The molecule has 1 aliphatic carbocycles. The lowest BCUT2D eigenvalue weighted by atomic mass is 9.93. The fourth-order valence-corrected chi connectivity index (χ4v) is 3.61. The Balaban J connectivity index is 1.55. The number of carbonyl (C=O) groups excluding carboxylic acids is 2. The third kappa shape index (κ3) is 4.40. The Morgan fingerprint density at radius 2 is 1.68 bits per heavy atom. The Hall–Kier alpha value is -3.74. The first-order chi connectivity index (χ1) is 14.9. The molecule has 2 amide bonds. The molecule has 3 aromatic rings. The smallest absolute Gasteiger partial charge is 0.291 e.